The highest BCUT2D eigenvalue weighted by atomic mass is 16.6. The molecule has 3 rings (SSSR count). The van der Waals surface area contributed by atoms with Gasteiger partial charge in [0.15, 0.2) is 0 Å². The quantitative estimate of drug-likeness (QED) is 0.858. The highest BCUT2D eigenvalue weighted by molar-refractivity contribution is 5.95. The molecular weight excluding hydrogens is 352 g/mol. The van der Waals surface area contributed by atoms with Crippen LogP contribution in [0.15, 0.2) is 48.5 Å². The largest absolute Gasteiger partial charge is 0.444 e. The summed E-state index contributed by atoms with van der Waals surface area (Å²) in [4.78, 5) is 26.5. The molecule has 28 heavy (non-hydrogen) atoms. The average Bonchev–Trinajstić information content (AvgIpc) is 3.09. The van der Waals surface area contributed by atoms with Crippen molar-refractivity contribution in [1.29, 1.82) is 0 Å². The summed E-state index contributed by atoms with van der Waals surface area (Å²) in [7, 11) is 0. The van der Waals surface area contributed by atoms with E-state index in [4.69, 9.17) is 4.74 Å². The molecule has 1 fully saturated rings. The Morgan fingerprint density at radius 2 is 1.82 bits per heavy atom. The van der Waals surface area contributed by atoms with Crippen molar-refractivity contribution in [3.05, 3.63) is 59.7 Å². The van der Waals surface area contributed by atoms with Gasteiger partial charge in [0, 0.05) is 24.7 Å². The molecule has 1 aliphatic rings. The molecule has 1 atom stereocenters. The zero-order chi connectivity index (χ0) is 20.3. The Hall–Kier alpha value is -2.82. The number of hydrogen-bond acceptors (Lipinski definition) is 3. The third-order valence-electron chi connectivity index (χ3n) is 4.75. The van der Waals surface area contributed by atoms with Crippen LogP contribution in [0.4, 0.5) is 4.79 Å². The summed E-state index contributed by atoms with van der Waals surface area (Å²) in [5.41, 5.74) is 3.43. The highest BCUT2D eigenvalue weighted by Gasteiger charge is 2.30. The van der Waals surface area contributed by atoms with Crippen LogP contribution in [0, 0.1) is 6.92 Å². The van der Waals surface area contributed by atoms with E-state index in [1.807, 2.05) is 64.1 Å². The molecule has 0 aliphatic carbocycles. The second kappa shape index (κ2) is 8.05. The SMILES string of the molecule is Cc1cc(C(=O)NC2CCN(C(=O)OC(C)(C)C)C2)ccc1-c1ccccc1. The molecule has 0 bridgehead atoms. The van der Waals surface area contributed by atoms with Gasteiger partial charge < -0.3 is 15.0 Å². The molecular formula is C23H28N2O3. The first-order valence-corrected chi connectivity index (χ1v) is 9.68. The average molecular weight is 380 g/mol. The fourth-order valence-corrected chi connectivity index (χ4v) is 3.39. The number of rotatable bonds is 3. The first-order chi connectivity index (χ1) is 13.2. The second-order valence-electron chi connectivity index (χ2n) is 8.28. The molecule has 0 aromatic heterocycles. The number of nitrogens with zero attached hydrogens (tertiary/aromatic N) is 1. The van der Waals surface area contributed by atoms with Crippen molar-refractivity contribution in [3.63, 3.8) is 0 Å². The summed E-state index contributed by atoms with van der Waals surface area (Å²) < 4.78 is 5.40. The topological polar surface area (TPSA) is 58.6 Å². The minimum absolute atomic E-state index is 0.0610. The van der Waals surface area contributed by atoms with Gasteiger partial charge in [0.05, 0.1) is 0 Å². The van der Waals surface area contributed by atoms with Gasteiger partial charge in [-0.3, -0.25) is 4.79 Å². The minimum Gasteiger partial charge on any atom is -0.444 e. The fourth-order valence-electron chi connectivity index (χ4n) is 3.39. The van der Waals surface area contributed by atoms with Gasteiger partial charge in [-0.15, -0.1) is 0 Å². The van der Waals surface area contributed by atoms with E-state index >= 15 is 0 Å². The standard InChI is InChI=1S/C23H28N2O3/c1-16-14-18(10-11-20(16)17-8-6-5-7-9-17)21(26)24-19-12-13-25(15-19)22(27)28-23(2,3)4/h5-11,14,19H,12-13,15H2,1-4H3,(H,24,26). The highest BCUT2D eigenvalue weighted by Crippen LogP contribution is 2.24. The van der Waals surface area contributed by atoms with Gasteiger partial charge in [-0.2, -0.15) is 0 Å². The van der Waals surface area contributed by atoms with E-state index in [0.717, 1.165) is 23.1 Å². The Labute approximate surface area is 166 Å². The van der Waals surface area contributed by atoms with Crippen LogP contribution in [0.25, 0.3) is 11.1 Å². The van der Waals surface area contributed by atoms with Crippen LogP contribution in [0.5, 0.6) is 0 Å². The molecule has 5 heteroatoms. The number of ether oxygens (including phenoxy) is 1. The zero-order valence-corrected chi connectivity index (χ0v) is 17.0. The third-order valence-corrected chi connectivity index (χ3v) is 4.75. The van der Waals surface area contributed by atoms with Gasteiger partial charge in [-0.1, -0.05) is 36.4 Å². The molecule has 2 amide bonds. The van der Waals surface area contributed by atoms with E-state index < -0.39 is 5.60 Å². The molecule has 1 aliphatic heterocycles. The number of amides is 2. The Bertz CT molecular complexity index is 856. The number of aryl methyl sites for hydroxylation is 1. The normalized spacial score (nSPS) is 16.7. The molecule has 0 spiro atoms. The summed E-state index contributed by atoms with van der Waals surface area (Å²) in [6.45, 7) is 8.62. The van der Waals surface area contributed by atoms with Crippen molar-refractivity contribution in [2.24, 2.45) is 0 Å². The van der Waals surface area contributed by atoms with Crippen LogP contribution in [-0.2, 0) is 4.74 Å². The van der Waals surface area contributed by atoms with Crippen molar-refractivity contribution in [1.82, 2.24) is 10.2 Å². The van der Waals surface area contributed by atoms with E-state index in [0.29, 0.717) is 18.7 Å². The number of hydrogen-bond donors (Lipinski definition) is 1. The van der Waals surface area contributed by atoms with Crippen molar-refractivity contribution >= 4 is 12.0 Å². The van der Waals surface area contributed by atoms with Crippen LogP contribution in [0.3, 0.4) is 0 Å². The van der Waals surface area contributed by atoms with Crippen molar-refractivity contribution < 1.29 is 14.3 Å². The number of carbonyl (C=O) groups is 2. The van der Waals surface area contributed by atoms with Crippen molar-refractivity contribution in [2.45, 2.75) is 45.8 Å². The summed E-state index contributed by atoms with van der Waals surface area (Å²) in [6.07, 6.45) is 0.402. The Morgan fingerprint density at radius 3 is 2.46 bits per heavy atom. The third kappa shape index (κ3) is 4.91. The van der Waals surface area contributed by atoms with Gasteiger partial charge in [-0.25, -0.2) is 4.79 Å². The minimum atomic E-state index is -0.517. The second-order valence-corrected chi connectivity index (χ2v) is 8.28. The van der Waals surface area contributed by atoms with Gasteiger partial charge in [0.25, 0.3) is 5.91 Å². The summed E-state index contributed by atoms with van der Waals surface area (Å²) in [5, 5.41) is 3.04. The molecule has 1 unspecified atom stereocenters. The van der Waals surface area contributed by atoms with E-state index in [2.05, 4.69) is 17.4 Å². The molecule has 1 N–H and O–H groups in total. The maximum atomic E-state index is 12.7. The van der Waals surface area contributed by atoms with Crippen LogP contribution >= 0.6 is 0 Å². The van der Waals surface area contributed by atoms with E-state index in [1.165, 1.54) is 0 Å². The first-order valence-electron chi connectivity index (χ1n) is 9.68. The van der Waals surface area contributed by atoms with Gasteiger partial charge in [-0.05, 0) is 62.9 Å². The molecule has 1 saturated heterocycles. The molecule has 2 aromatic rings. The number of carbonyl (C=O) groups excluding carboxylic acids is 2. The van der Waals surface area contributed by atoms with E-state index in [-0.39, 0.29) is 18.0 Å². The fraction of sp³-hybridized carbons (Fsp3) is 0.391. The van der Waals surface area contributed by atoms with Gasteiger partial charge >= 0.3 is 6.09 Å². The summed E-state index contributed by atoms with van der Waals surface area (Å²) >= 11 is 0. The van der Waals surface area contributed by atoms with Crippen molar-refractivity contribution in [2.75, 3.05) is 13.1 Å². The van der Waals surface area contributed by atoms with Crippen LogP contribution in [0.1, 0.15) is 43.1 Å². The van der Waals surface area contributed by atoms with Gasteiger partial charge in [0.1, 0.15) is 5.60 Å². The van der Waals surface area contributed by atoms with Crippen molar-refractivity contribution in [3.8, 4) is 11.1 Å². The van der Waals surface area contributed by atoms with E-state index in [9.17, 15) is 9.59 Å². The molecule has 2 aromatic carbocycles. The molecule has 0 saturated carbocycles. The predicted octanol–water partition coefficient (Wildman–Crippen LogP) is 4.40. The maximum Gasteiger partial charge on any atom is 0.410 e. The van der Waals surface area contributed by atoms with Crippen LogP contribution in [0.2, 0.25) is 0 Å². The van der Waals surface area contributed by atoms with Crippen LogP contribution < -0.4 is 5.32 Å². The predicted molar refractivity (Wildman–Crippen MR) is 110 cm³/mol. The Balaban J connectivity index is 1.61. The number of likely N-dealkylation sites (tertiary alicyclic amines) is 1. The molecule has 148 valence electrons. The van der Waals surface area contributed by atoms with E-state index in [1.54, 1.807) is 4.90 Å². The maximum absolute atomic E-state index is 12.7. The smallest absolute Gasteiger partial charge is 0.410 e. The number of nitrogens with one attached hydrogen (secondary N) is 1. The lowest BCUT2D eigenvalue weighted by molar-refractivity contribution is 0.0290. The number of benzene rings is 2. The monoisotopic (exact) mass is 380 g/mol. The zero-order valence-electron chi connectivity index (χ0n) is 17.0. The Kier molecular flexibility index (Phi) is 5.73. The summed E-state index contributed by atoms with van der Waals surface area (Å²) in [5.74, 6) is -0.112. The lowest BCUT2D eigenvalue weighted by Crippen LogP contribution is -2.40. The summed E-state index contributed by atoms with van der Waals surface area (Å²) in [6, 6.07) is 15.8. The van der Waals surface area contributed by atoms with Crippen LogP contribution in [-0.4, -0.2) is 41.6 Å². The molecule has 0 radical (unpaired) electrons. The molecule has 1 heterocycles. The first kappa shape index (κ1) is 19.9. The lowest BCUT2D eigenvalue weighted by Gasteiger charge is -2.24. The lowest BCUT2D eigenvalue weighted by atomic mass is 9.98. The Morgan fingerprint density at radius 1 is 1.11 bits per heavy atom. The molecule has 5 nitrogen and oxygen atoms in total. The van der Waals surface area contributed by atoms with Gasteiger partial charge in [0.2, 0.25) is 0 Å².